The highest BCUT2D eigenvalue weighted by atomic mass is 16.5. The number of nitrogens with one attached hydrogen (secondary N) is 3. The van der Waals surface area contributed by atoms with E-state index in [4.69, 9.17) is 10.00 Å². The van der Waals surface area contributed by atoms with Gasteiger partial charge in [-0.05, 0) is 13.0 Å². The molecule has 19 heavy (non-hydrogen) atoms. The normalized spacial score (nSPS) is 9.32. The van der Waals surface area contributed by atoms with Crippen LogP contribution >= 0.6 is 0 Å². The van der Waals surface area contributed by atoms with Gasteiger partial charge in [-0.25, -0.2) is 4.79 Å². The van der Waals surface area contributed by atoms with Gasteiger partial charge in [0.15, 0.2) is 0 Å². The minimum absolute atomic E-state index is 0.0438. The third kappa shape index (κ3) is 3.57. The highest BCUT2D eigenvalue weighted by Gasteiger charge is 2.16. The molecule has 1 amide bonds. The summed E-state index contributed by atoms with van der Waals surface area (Å²) in [5, 5.41) is 8.75. The van der Waals surface area contributed by atoms with Gasteiger partial charge in [0.2, 0.25) is 5.91 Å². The number of H-pyrrole nitrogens is 1. The molecule has 1 heterocycles. The Hall–Kier alpha value is -2.82. The molecule has 100 valence electrons. The summed E-state index contributed by atoms with van der Waals surface area (Å²) in [5.74, 6) is -1.18. The van der Waals surface area contributed by atoms with Crippen molar-refractivity contribution >= 4 is 17.7 Å². The zero-order valence-electron chi connectivity index (χ0n) is 10.4. The van der Waals surface area contributed by atoms with Crippen LogP contribution in [0.4, 0.5) is 5.82 Å². The number of nitrogens with zero attached hydrogens (tertiary/aromatic N) is 1. The highest BCUT2D eigenvalue weighted by Crippen LogP contribution is 2.12. The zero-order valence-corrected chi connectivity index (χ0v) is 10.4. The Kier molecular flexibility index (Phi) is 4.65. The van der Waals surface area contributed by atoms with Crippen molar-refractivity contribution in [3.63, 3.8) is 0 Å². The van der Waals surface area contributed by atoms with Crippen LogP contribution in [0.1, 0.15) is 29.8 Å². The Bertz CT molecular complexity index is 600. The summed E-state index contributed by atoms with van der Waals surface area (Å²) in [6.07, 6.45) is 0. The van der Waals surface area contributed by atoms with Crippen LogP contribution in [-0.4, -0.2) is 23.5 Å². The van der Waals surface area contributed by atoms with E-state index in [2.05, 4.69) is 15.8 Å². The summed E-state index contributed by atoms with van der Waals surface area (Å²) >= 11 is 0. The van der Waals surface area contributed by atoms with Gasteiger partial charge < -0.3 is 9.72 Å². The maximum atomic E-state index is 11.7. The van der Waals surface area contributed by atoms with Crippen LogP contribution in [0.5, 0.6) is 0 Å². The standard InChI is InChI=1S/C11H12N4O4/c1-3-19-11(18)8-4-7(5-12)10(17)13-9(8)15-14-6(2)16/h4H,3H2,1-2H3,(H,14,16)(H2,13,15,17). The van der Waals surface area contributed by atoms with Crippen molar-refractivity contribution in [1.29, 1.82) is 5.26 Å². The molecule has 3 N–H and O–H groups in total. The SMILES string of the molecule is CCOC(=O)c1cc(C#N)c(=O)[nH]c1NNC(C)=O. The molecule has 0 spiro atoms. The van der Waals surface area contributed by atoms with Gasteiger partial charge in [-0.15, -0.1) is 0 Å². The van der Waals surface area contributed by atoms with Crippen molar-refractivity contribution in [2.75, 3.05) is 12.0 Å². The highest BCUT2D eigenvalue weighted by molar-refractivity contribution is 5.95. The van der Waals surface area contributed by atoms with Gasteiger partial charge in [-0.1, -0.05) is 0 Å². The van der Waals surface area contributed by atoms with Gasteiger partial charge in [0.05, 0.1) is 6.61 Å². The zero-order chi connectivity index (χ0) is 14.4. The van der Waals surface area contributed by atoms with Gasteiger partial charge in [-0.2, -0.15) is 5.26 Å². The van der Waals surface area contributed by atoms with E-state index >= 15 is 0 Å². The molecule has 0 aromatic carbocycles. The molecule has 0 bridgehead atoms. The second-order valence-electron chi connectivity index (χ2n) is 3.44. The number of amides is 1. The summed E-state index contributed by atoms with van der Waals surface area (Å²) in [6.45, 7) is 3.01. The number of aromatic nitrogens is 1. The summed E-state index contributed by atoms with van der Waals surface area (Å²) < 4.78 is 4.79. The number of rotatable bonds is 4. The monoisotopic (exact) mass is 264 g/mol. The van der Waals surface area contributed by atoms with Crippen LogP contribution in [0.25, 0.3) is 0 Å². The van der Waals surface area contributed by atoms with E-state index in [9.17, 15) is 14.4 Å². The predicted molar refractivity (Wildman–Crippen MR) is 65.2 cm³/mol. The molecule has 0 saturated carbocycles. The number of hydrazine groups is 1. The molecule has 0 aliphatic carbocycles. The largest absolute Gasteiger partial charge is 0.462 e. The maximum Gasteiger partial charge on any atom is 0.341 e. The van der Waals surface area contributed by atoms with E-state index in [1.54, 1.807) is 13.0 Å². The topological polar surface area (TPSA) is 124 Å². The van der Waals surface area contributed by atoms with E-state index in [1.165, 1.54) is 6.92 Å². The van der Waals surface area contributed by atoms with Crippen molar-refractivity contribution < 1.29 is 14.3 Å². The lowest BCUT2D eigenvalue weighted by molar-refractivity contribution is -0.118. The number of carbonyl (C=O) groups excluding carboxylic acids is 2. The van der Waals surface area contributed by atoms with Crippen LogP contribution in [0, 0.1) is 11.3 Å². The molecular weight excluding hydrogens is 252 g/mol. The molecule has 0 unspecified atom stereocenters. The quantitative estimate of drug-likeness (QED) is 0.514. The average molecular weight is 264 g/mol. The van der Waals surface area contributed by atoms with E-state index in [-0.39, 0.29) is 23.6 Å². The smallest absolute Gasteiger partial charge is 0.341 e. The van der Waals surface area contributed by atoms with Crippen LogP contribution in [0.3, 0.4) is 0 Å². The molecule has 0 atom stereocenters. The number of ether oxygens (including phenoxy) is 1. The number of pyridine rings is 1. The van der Waals surface area contributed by atoms with E-state index in [0.717, 1.165) is 6.07 Å². The molecule has 0 radical (unpaired) electrons. The van der Waals surface area contributed by atoms with Gasteiger partial charge in [-0.3, -0.25) is 20.4 Å². The third-order valence-corrected chi connectivity index (χ3v) is 2.02. The van der Waals surface area contributed by atoms with Crippen LogP contribution < -0.4 is 16.4 Å². The maximum absolute atomic E-state index is 11.7. The Morgan fingerprint density at radius 3 is 2.74 bits per heavy atom. The summed E-state index contributed by atoms with van der Waals surface area (Å²) in [5.41, 5.74) is 3.64. The molecule has 0 fully saturated rings. The van der Waals surface area contributed by atoms with Crippen LogP contribution in [-0.2, 0) is 9.53 Å². The number of carbonyl (C=O) groups is 2. The molecule has 1 rings (SSSR count). The fourth-order valence-electron chi connectivity index (χ4n) is 1.23. The first kappa shape index (κ1) is 14.2. The molecule has 1 aromatic heterocycles. The van der Waals surface area contributed by atoms with Crippen LogP contribution in [0.15, 0.2) is 10.9 Å². The van der Waals surface area contributed by atoms with Gasteiger partial charge in [0.25, 0.3) is 5.56 Å². The van der Waals surface area contributed by atoms with Gasteiger partial charge in [0.1, 0.15) is 23.0 Å². The first-order valence-corrected chi connectivity index (χ1v) is 5.36. The molecule has 1 aromatic rings. The summed E-state index contributed by atoms with van der Waals surface area (Å²) in [7, 11) is 0. The lowest BCUT2D eigenvalue weighted by Gasteiger charge is -2.11. The number of esters is 1. The fourth-order valence-corrected chi connectivity index (χ4v) is 1.23. The molecule has 0 aliphatic rings. The Balaban J connectivity index is 3.23. The molecule has 0 saturated heterocycles. The Morgan fingerprint density at radius 2 is 2.21 bits per heavy atom. The summed E-state index contributed by atoms with van der Waals surface area (Å²) in [4.78, 5) is 36.2. The first-order valence-electron chi connectivity index (χ1n) is 5.36. The minimum atomic E-state index is -0.719. The van der Waals surface area contributed by atoms with Crippen molar-refractivity contribution in [1.82, 2.24) is 10.4 Å². The number of anilines is 1. The Labute approximate surface area is 108 Å². The number of nitriles is 1. The molecule has 8 heteroatoms. The molecular formula is C11H12N4O4. The van der Waals surface area contributed by atoms with Gasteiger partial charge >= 0.3 is 5.97 Å². The third-order valence-electron chi connectivity index (χ3n) is 2.02. The number of hydrogen-bond donors (Lipinski definition) is 3. The average Bonchev–Trinajstić information content (AvgIpc) is 2.36. The van der Waals surface area contributed by atoms with Crippen molar-refractivity contribution in [3.05, 3.63) is 27.5 Å². The van der Waals surface area contributed by atoms with Crippen molar-refractivity contribution in [3.8, 4) is 6.07 Å². The van der Waals surface area contributed by atoms with Crippen molar-refractivity contribution in [2.45, 2.75) is 13.8 Å². The first-order chi connectivity index (χ1) is 8.99. The lowest BCUT2D eigenvalue weighted by Crippen LogP contribution is -2.30. The lowest BCUT2D eigenvalue weighted by atomic mass is 10.2. The summed E-state index contributed by atoms with van der Waals surface area (Å²) in [6, 6.07) is 2.76. The Morgan fingerprint density at radius 1 is 1.53 bits per heavy atom. The number of aromatic amines is 1. The number of hydrogen-bond acceptors (Lipinski definition) is 6. The molecule has 8 nitrogen and oxygen atoms in total. The van der Waals surface area contributed by atoms with E-state index in [0.29, 0.717) is 0 Å². The molecule has 0 aliphatic heterocycles. The predicted octanol–water partition coefficient (Wildman–Crippen LogP) is -0.114. The minimum Gasteiger partial charge on any atom is -0.462 e. The van der Waals surface area contributed by atoms with E-state index in [1.807, 2.05) is 0 Å². The van der Waals surface area contributed by atoms with Gasteiger partial charge in [0, 0.05) is 6.92 Å². The second-order valence-corrected chi connectivity index (χ2v) is 3.44. The second kappa shape index (κ2) is 6.20. The van der Waals surface area contributed by atoms with E-state index < -0.39 is 17.4 Å². The fraction of sp³-hybridized carbons (Fsp3) is 0.273. The van der Waals surface area contributed by atoms with Crippen LogP contribution in [0.2, 0.25) is 0 Å². The van der Waals surface area contributed by atoms with Crippen molar-refractivity contribution in [2.24, 2.45) is 0 Å².